The third-order valence-corrected chi connectivity index (χ3v) is 15.4. The molecule has 0 spiro atoms. The van der Waals surface area contributed by atoms with Crippen molar-refractivity contribution in [1.82, 2.24) is 0 Å². The first-order valence-corrected chi connectivity index (χ1v) is 33.8. The Bertz CT molecular complexity index is 4150. The Kier molecular flexibility index (Phi) is 48.3. The van der Waals surface area contributed by atoms with Crippen molar-refractivity contribution in [2.45, 2.75) is 90.1 Å². The second-order valence-electron chi connectivity index (χ2n) is 18.6. The molecule has 1 heterocycles. The van der Waals surface area contributed by atoms with Crippen LogP contribution in [0.3, 0.4) is 0 Å². The molecule has 0 saturated heterocycles. The van der Waals surface area contributed by atoms with Crippen LogP contribution in [0.4, 0.5) is 5.69 Å². The van der Waals surface area contributed by atoms with Crippen LogP contribution in [0.15, 0.2) is 52.6 Å². The lowest BCUT2D eigenvalue weighted by atomic mass is 9.68. The van der Waals surface area contributed by atoms with E-state index < -0.39 is 27.3 Å². The molecule has 2 aromatic carbocycles. The number of hydrogen-bond donors (Lipinski definition) is 2. The first-order valence-electron chi connectivity index (χ1n) is 28.9. The Hall–Kier alpha value is -10.2. The minimum atomic E-state index is -3.63. The number of aliphatic hydroxyl groups excluding tert-OH is 1. The van der Waals surface area contributed by atoms with E-state index in [1.165, 1.54) is 0 Å². The van der Waals surface area contributed by atoms with Crippen molar-refractivity contribution in [1.29, 1.82) is 5.53 Å². The molecular weight excluding hydrogens is 1350 g/mol. The van der Waals surface area contributed by atoms with E-state index in [4.69, 9.17) is 32.6 Å². The van der Waals surface area contributed by atoms with Crippen molar-refractivity contribution in [3.63, 3.8) is 0 Å². The molecule has 1 aliphatic rings. The number of anilines is 1. The van der Waals surface area contributed by atoms with E-state index in [0.29, 0.717) is 55.5 Å². The highest BCUT2D eigenvalue weighted by Crippen LogP contribution is 2.50. The molecular formula is C76H126IN4O12S2+. The predicted octanol–water partition coefficient (Wildman–Crippen LogP) is 16.0. The van der Waals surface area contributed by atoms with Crippen LogP contribution in [0.2, 0.25) is 0 Å². The van der Waals surface area contributed by atoms with E-state index in [-0.39, 0.29) is 48.6 Å². The van der Waals surface area contributed by atoms with Gasteiger partial charge in [0.2, 0.25) is 0 Å². The lowest BCUT2D eigenvalue weighted by Crippen LogP contribution is -2.49. The highest BCUT2D eigenvalue weighted by Gasteiger charge is 2.49. The summed E-state index contributed by atoms with van der Waals surface area (Å²) >= 11 is 1.77. The number of terminal acetylenes is 2. The summed E-state index contributed by atoms with van der Waals surface area (Å²) in [6, 6.07) is 13.4. The zero-order chi connectivity index (χ0) is 69.6. The number of rotatable bonds is 28. The minimum absolute atomic E-state index is 0. The number of nitrogens with zero attached hydrogens (tertiary/aromatic N) is 3. The number of halogens is 1. The highest BCUT2D eigenvalue weighted by atomic mass is 127. The number of benzene rings is 2. The van der Waals surface area contributed by atoms with Gasteiger partial charge in [0.25, 0.3) is 0 Å². The lowest BCUT2D eigenvalue weighted by Gasteiger charge is -2.40. The smallest absolute Gasteiger partial charge is 0.179 e. The van der Waals surface area contributed by atoms with Gasteiger partial charge < -0.3 is 28.7 Å². The monoisotopic (exact) mass is 1480 g/mol. The molecule has 2 N–H and O–H groups in total. The normalized spacial score (nSPS) is 11.8. The number of sulfone groups is 1. The minimum Gasteiger partial charge on any atom is -0.491 e. The van der Waals surface area contributed by atoms with Gasteiger partial charge in [-0.3, -0.25) is 0 Å². The molecule has 0 bridgehead atoms. The van der Waals surface area contributed by atoms with Crippen LogP contribution in [-0.2, 0) is 48.8 Å². The van der Waals surface area contributed by atoms with E-state index >= 15 is 0 Å². The van der Waals surface area contributed by atoms with Crippen LogP contribution in [0.25, 0.3) is 0 Å². The van der Waals surface area contributed by atoms with Gasteiger partial charge >= 0.3 is 0 Å². The zero-order valence-electron chi connectivity index (χ0n) is 53.6. The van der Waals surface area contributed by atoms with Crippen LogP contribution in [-0.4, -0.2) is 103 Å². The van der Waals surface area contributed by atoms with E-state index in [1.54, 1.807) is 27.3 Å². The van der Waals surface area contributed by atoms with Gasteiger partial charge in [0, 0.05) is 224 Å². The molecule has 0 unspecified atom stereocenters. The van der Waals surface area contributed by atoms with Crippen LogP contribution >= 0.6 is 30.4 Å². The molecule has 0 aromatic heterocycles. The maximum atomic E-state index is 14.0. The number of unbranched alkanes of at least 4 members (excludes halogenated alkanes) is 2. The fourth-order valence-corrected chi connectivity index (χ4v) is 10.7. The second kappa shape index (κ2) is 55.4. The summed E-state index contributed by atoms with van der Waals surface area (Å²) < 4.78 is 50.8. The van der Waals surface area contributed by atoms with Gasteiger partial charge in [0.1, 0.15) is 28.1 Å². The number of ether oxygens (including phenoxy) is 3. The van der Waals surface area contributed by atoms with Crippen LogP contribution in [0.5, 0.6) is 5.75 Å². The highest BCUT2D eigenvalue weighted by molar-refractivity contribution is 14.2. The predicted molar refractivity (Wildman–Crippen MR) is 439 cm³/mol. The Morgan fingerprint density at radius 2 is 0.979 bits per heavy atom. The second-order valence-corrected chi connectivity index (χ2v) is 21.9. The molecule has 2 aromatic rings. The van der Waals surface area contributed by atoms with E-state index in [1.807, 2.05) is 55.4 Å². The molecule has 0 aliphatic carbocycles. The first kappa shape index (κ1) is 82.8. The molecule has 0 saturated carbocycles. The van der Waals surface area contributed by atoms with Gasteiger partial charge in [-0.1, -0.05) is 51.7 Å². The maximum absolute atomic E-state index is 14.0. The van der Waals surface area contributed by atoms with Gasteiger partial charge in [-0.2, -0.15) is 10.5 Å². The summed E-state index contributed by atoms with van der Waals surface area (Å²) in [6.07, 6.45) is 14.0. The van der Waals surface area contributed by atoms with E-state index in [2.05, 4.69) is 283 Å². The number of quaternary nitrogens is 1. The zero-order valence-corrected chi connectivity index (χ0v) is 57.4. The summed E-state index contributed by atoms with van der Waals surface area (Å²) in [5, 5.41) is 29.1. The van der Waals surface area contributed by atoms with Gasteiger partial charge in [0.05, 0.1) is 68.1 Å². The number of nitrogens with one attached hydrogen (secondary N) is 1. The molecule has 0 fully saturated rings. The largest absolute Gasteiger partial charge is 0.491 e. The number of hydrogen-bond acceptors (Lipinski definition) is 16. The Balaban J connectivity index is -0.0000000384. The molecule has 0 radical (unpaired) electrons. The summed E-state index contributed by atoms with van der Waals surface area (Å²) in [7, 11) is 1.11. The average Bonchev–Trinajstić information content (AvgIpc) is 1.60. The van der Waals surface area contributed by atoms with Gasteiger partial charge in [-0.05, 0) is 180 Å². The number of likely N-dealkylation sites (N-methyl/N-ethyl adjacent to an activating group) is 1. The van der Waals surface area contributed by atoms with E-state index in [0.717, 1.165) is 83.4 Å². The van der Waals surface area contributed by atoms with E-state index in [9.17, 15) is 13.5 Å². The molecule has 16 nitrogen and oxygen atoms in total. The topological polar surface area (TPSA) is 177 Å². The summed E-state index contributed by atoms with van der Waals surface area (Å²) in [4.78, 5) is 5.82. The summed E-state index contributed by atoms with van der Waals surface area (Å²) in [5.41, 5.74) is 7.73. The fraction of sp³-hybridized carbons (Fsp3) is 0.342. The first-order chi connectivity index (χ1) is 46.3. The molecule has 19 heteroatoms. The molecule has 540 valence electrons. The fourth-order valence-electron chi connectivity index (χ4n) is 8.25. The Morgan fingerprint density at radius 1 is 0.589 bits per heavy atom. The Morgan fingerprint density at radius 3 is 1.35 bits per heavy atom. The molecule has 95 heavy (non-hydrogen) atoms. The average molecular weight is 1480 g/mol. The van der Waals surface area contributed by atoms with Crippen molar-refractivity contribution in [2.75, 3.05) is 84.0 Å². The Labute approximate surface area is 623 Å². The van der Waals surface area contributed by atoms with Crippen molar-refractivity contribution in [3.05, 3.63) is 53.6 Å². The standard InChI is InChI=1S/C38H63N2O6S.C38H2.HIN2O6S.30H2/c1-8-13-21-38(22-14-9-2)30-47(42,43)35-20-17-32(39(6)7)29-34(35)36(37(38)41)31-15-18-33(19-16-31)46-28-27-45-26-25-44-24-23-40(10-3,11-4)12-5;1-3-5-7-9-11-13-15-17-19-21-23-25-27-29-31-33-35-37-38-36-34-32-30-28-26-24-22-20-18-16-14-12-10-8-6-4-2;1-10-9-8-7-6-5-4-3-2;;;;;;;;;;;;;;;;;;;;;;;;;;;;;;/h15-20,29,36-37,41H,8-14,21-28,30H2,1-7H3;1-2H;2H;30*1H/q+1;;;;;;;;;;;;;;;;;;;;;;;;;;;;;;;;/t36-,37-;;;;;;;;;;;;;;;;;;;;;;;;;;;;;;;;/m1................................/s1. The van der Waals surface area contributed by atoms with Crippen molar-refractivity contribution in [2.24, 2.45) is 10.7 Å². The maximum Gasteiger partial charge on any atom is 0.179 e. The van der Waals surface area contributed by atoms with Crippen molar-refractivity contribution < 1.29 is 104 Å². The third kappa shape index (κ3) is 38.4. The lowest BCUT2D eigenvalue weighted by molar-refractivity contribution is -0.923. The molecule has 1 aliphatic heterocycles. The number of fused-ring (bicyclic) bond motifs is 1. The quantitative estimate of drug-likeness (QED) is 0.0120. The SMILES string of the molecule is C#CC#CC#CC#CC#CC#CC#CC#CC#CC#CC#CC#CC#CC#CC#CC#CC#CC#CC#C.CCCCC1(CCCC)CS(=O)(=O)c2ccc(N(C)C)cc2[C@@H](c2ccc(OCCOCCOCC[N+](CC)(CC)CC)cc2)[C@H]1O.N=NOOOOOOSI.[HH].[HH].[HH].[HH].[HH].[HH].[HH].[HH].[HH].[HH].[HH].[HH].[HH].[HH].[HH].[HH].[HH].[HH].[HH].[HH].[HH].[HH].[HH].[HH].[HH].[HH].[HH].[HH].[HH].[HH]. The van der Waals surface area contributed by atoms with Gasteiger partial charge in [-0.15, -0.1) is 17.2 Å². The van der Waals surface area contributed by atoms with Crippen molar-refractivity contribution >= 4 is 45.9 Å². The van der Waals surface area contributed by atoms with Crippen molar-refractivity contribution in [3.8, 4) is 232 Å². The molecule has 3 rings (SSSR count). The van der Waals surface area contributed by atoms with Gasteiger partial charge in [-0.25, -0.2) is 8.42 Å². The molecule has 2 atom stereocenters. The van der Waals surface area contributed by atoms with Crippen LogP contribution in [0.1, 0.15) is 133 Å². The van der Waals surface area contributed by atoms with Crippen LogP contribution in [0, 0.1) is 237 Å². The summed E-state index contributed by atoms with van der Waals surface area (Å²) in [6.45, 7) is 18.1. The van der Waals surface area contributed by atoms with Gasteiger partial charge in [0.15, 0.2) is 9.84 Å². The summed E-state index contributed by atoms with van der Waals surface area (Å²) in [5.74, 6) is 88.3. The third-order valence-electron chi connectivity index (χ3n) is 12.9. The number of aliphatic hydroxyl groups is 1. The molecule has 0 amide bonds. The van der Waals surface area contributed by atoms with Crippen LogP contribution < -0.4 is 9.64 Å².